The predicted molar refractivity (Wildman–Crippen MR) is 142 cm³/mol. The number of halogens is 2. The number of carbonyl (C=O) groups is 1. The molecular formula is C25H25F2N6O4S+. The highest BCUT2D eigenvalue weighted by molar-refractivity contribution is 8.14. The third-order valence-corrected chi connectivity index (χ3v) is 7.18. The van der Waals surface area contributed by atoms with Crippen molar-refractivity contribution in [3.8, 4) is 5.82 Å². The van der Waals surface area contributed by atoms with Gasteiger partial charge in [-0.2, -0.15) is 13.9 Å². The number of hydrazone groups is 1. The molecular weight excluding hydrogens is 518 g/mol. The SMILES string of the molecule is COC1=C=[N+]=C(C(F)F)C=C1c1cc(-n2ccc(C)cc2=O)ncc1C(=O)NC1=NN(C)C(C(C)OC)S1. The summed E-state index contributed by atoms with van der Waals surface area (Å²) in [5, 5.41) is 8.96. The van der Waals surface area contributed by atoms with Crippen LogP contribution in [0.25, 0.3) is 11.4 Å². The van der Waals surface area contributed by atoms with Crippen molar-refractivity contribution in [2.24, 2.45) is 5.10 Å². The molecule has 2 aromatic rings. The number of amidine groups is 1. The second kappa shape index (κ2) is 11.2. The maximum absolute atomic E-state index is 13.5. The molecule has 198 valence electrons. The summed E-state index contributed by atoms with van der Waals surface area (Å²) in [7, 11) is 4.68. The van der Waals surface area contributed by atoms with E-state index < -0.39 is 18.0 Å². The number of hydrogen-bond donors (Lipinski definition) is 1. The molecule has 1 N–H and O–H groups in total. The molecule has 38 heavy (non-hydrogen) atoms. The van der Waals surface area contributed by atoms with Gasteiger partial charge in [-0.15, -0.1) is 0 Å². The number of likely N-dealkylation sites (N-methyl/N-ethyl adjacent to an activating group) is 1. The summed E-state index contributed by atoms with van der Waals surface area (Å²) in [5.74, 6) is 2.10. The number of methoxy groups -OCH3 is 2. The van der Waals surface area contributed by atoms with Crippen molar-refractivity contribution in [1.82, 2.24) is 24.5 Å². The third kappa shape index (κ3) is 5.46. The van der Waals surface area contributed by atoms with Crippen LogP contribution in [0.15, 0.2) is 52.3 Å². The molecule has 0 aliphatic carbocycles. The Morgan fingerprint density at radius 2 is 2.08 bits per heavy atom. The number of pyridine rings is 2. The molecule has 2 aliphatic heterocycles. The van der Waals surface area contributed by atoms with Gasteiger partial charge in [0.2, 0.25) is 0 Å². The van der Waals surface area contributed by atoms with E-state index in [1.165, 1.54) is 41.8 Å². The lowest BCUT2D eigenvalue weighted by atomic mass is 9.97. The first-order valence-electron chi connectivity index (χ1n) is 11.4. The van der Waals surface area contributed by atoms with E-state index in [9.17, 15) is 18.4 Å². The number of thioether (sulfide) groups is 1. The first-order valence-corrected chi connectivity index (χ1v) is 12.3. The van der Waals surface area contributed by atoms with Gasteiger partial charge in [-0.3, -0.25) is 24.5 Å². The van der Waals surface area contributed by atoms with Gasteiger partial charge in [-0.1, -0.05) is 11.8 Å². The number of nitrogens with zero attached hydrogens (tertiary/aromatic N) is 5. The lowest BCUT2D eigenvalue weighted by Gasteiger charge is -2.22. The summed E-state index contributed by atoms with van der Waals surface area (Å²) in [4.78, 5) is 30.4. The Bertz CT molecular complexity index is 1510. The highest BCUT2D eigenvalue weighted by Crippen LogP contribution is 2.30. The zero-order chi connectivity index (χ0) is 27.6. The van der Waals surface area contributed by atoms with E-state index >= 15 is 0 Å². The number of nitrogens with one attached hydrogen (secondary N) is 1. The first kappa shape index (κ1) is 27.0. The van der Waals surface area contributed by atoms with Gasteiger partial charge in [0, 0.05) is 49.8 Å². The van der Waals surface area contributed by atoms with Gasteiger partial charge >= 0.3 is 18.0 Å². The van der Waals surface area contributed by atoms with Crippen LogP contribution >= 0.6 is 11.8 Å². The topological polar surface area (TPSA) is 112 Å². The van der Waals surface area contributed by atoms with Gasteiger partial charge < -0.3 is 9.47 Å². The van der Waals surface area contributed by atoms with Crippen molar-refractivity contribution in [3.05, 3.63) is 69.5 Å². The molecule has 2 aromatic heterocycles. The summed E-state index contributed by atoms with van der Waals surface area (Å²) >= 11 is 1.31. The van der Waals surface area contributed by atoms with Crippen molar-refractivity contribution >= 4 is 40.0 Å². The zero-order valence-corrected chi connectivity index (χ0v) is 22.0. The average molecular weight is 544 g/mol. The van der Waals surface area contributed by atoms with Crippen LogP contribution in [0.5, 0.6) is 0 Å². The summed E-state index contributed by atoms with van der Waals surface area (Å²) in [6.07, 6.45) is 0.888. The minimum Gasteiger partial charge on any atom is -0.484 e. The number of allylic oxidation sites excluding steroid dienone is 2. The lowest BCUT2D eigenvalue weighted by Crippen LogP contribution is -2.32. The van der Waals surface area contributed by atoms with Crippen molar-refractivity contribution in [1.29, 1.82) is 0 Å². The number of carbonyl (C=O) groups excluding carboxylic acids is 1. The molecule has 0 radical (unpaired) electrons. The minimum absolute atomic E-state index is 0.0400. The average Bonchev–Trinajstić information content (AvgIpc) is 3.27. The van der Waals surface area contributed by atoms with Crippen LogP contribution in [-0.2, 0) is 9.47 Å². The molecule has 2 unspecified atom stereocenters. The van der Waals surface area contributed by atoms with Crippen molar-refractivity contribution in [3.63, 3.8) is 0 Å². The molecule has 0 saturated heterocycles. The molecule has 13 heteroatoms. The predicted octanol–water partition coefficient (Wildman–Crippen LogP) is 1.95. The Balaban J connectivity index is 1.79. The van der Waals surface area contributed by atoms with E-state index in [-0.39, 0.29) is 45.3 Å². The lowest BCUT2D eigenvalue weighted by molar-refractivity contribution is 0.0753. The molecule has 1 amide bonds. The maximum Gasteiger partial charge on any atom is 0.383 e. The number of amides is 1. The van der Waals surface area contributed by atoms with Crippen LogP contribution in [0.1, 0.15) is 28.4 Å². The number of hydrogen-bond acceptors (Lipinski definition) is 8. The molecule has 10 nitrogen and oxygen atoms in total. The van der Waals surface area contributed by atoms with Crippen LogP contribution in [0.4, 0.5) is 8.78 Å². The standard InChI is InChI=1S/C25H24F2N6O4S/c1-13-6-7-33(21(34)8-13)20-10-15(16-9-18(22(26)27)28-12-19(16)37-5)17(11-29-20)23(35)30-25-31-32(3)24(38-25)14(2)36-4/h6-11,14,22,24H,1-5H3/p+1. The number of aromatic nitrogens is 2. The van der Waals surface area contributed by atoms with Gasteiger partial charge in [0.25, 0.3) is 17.2 Å². The summed E-state index contributed by atoms with van der Waals surface area (Å²) < 4.78 is 42.7. The fourth-order valence-electron chi connectivity index (χ4n) is 3.79. The zero-order valence-electron chi connectivity index (χ0n) is 21.2. The molecule has 0 aromatic carbocycles. The van der Waals surface area contributed by atoms with Crippen LogP contribution < -0.4 is 15.5 Å². The Labute approximate surface area is 221 Å². The number of rotatable bonds is 7. The number of aryl methyl sites for hydroxylation is 1. The second-order valence-electron chi connectivity index (χ2n) is 8.42. The highest BCUT2D eigenvalue weighted by Gasteiger charge is 2.33. The molecule has 0 spiro atoms. The van der Waals surface area contributed by atoms with Crippen LogP contribution in [0.3, 0.4) is 0 Å². The molecule has 2 aliphatic rings. The van der Waals surface area contributed by atoms with Gasteiger partial charge in [-0.05, 0) is 36.2 Å². The highest BCUT2D eigenvalue weighted by atomic mass is 32.2. The smallest absolute Gasteiger partial charge is 0.383 e. The number of alkyl halides is 2. The Morgan fingerprint density at radius 1 is 1.32 bits per heavy atom. The Kier molecular flexibility index (Phi) is 7.94. The van der Waals surface area contributed by atoms with E-state index in [1.54, 1.807) is 38.4 Å². The van der Waals surface area contributed by atoms with E-state index in [4.69, 9.17) is 9.47 Å². The first-order chi connectivity index (χ1) is 18.1. The maximum atomic E-state index is 13.5. The summed E-state index contributed by atoms with van der Waals surface area (Å²) in [6.45, 7) is 3.66. The van der Waals surface area contributed by atoms with Crippen LogP contribution in [-0.4, -0.2) is 76.4 Å². The monoisotopic (exact) mass is 543 g/mol. The van der Waals surface area contributed by atoms with Gasteiger partial charge in [0.1, 0.15) is 11.2 Å². The van der Waals surface area contributed by atoms with Crippen molar-refractivity contribution in [2.75, 3.05) is 21.3 Å². The van der Waals surface area contributed by atoms with Crippen LogP contribution in [0, 0.1) is 6.92 Å². The van der Waals surface area contributed by atoms with Gasteiger partial charge in [-0.25, -0.2) is 4.98 Å². The van der Waals surface area contributed by atoms with Gasteiger partial charge in [0.15, 0.2) is 5.17 Å². The molecule has 4 rings (SSSR count). The molecule has 0 bridgehead atoms. The van der Waals surface area contributed by atoms with Crippen LogP contribution in [0.2, 0.25) is 0 Å². The fourth-order valence-corrected chi connectivity index (χ4v) is 4.84. The number of ether oxygens (including phenoxy) is 2. The molecule has 0 saturated carbocycles. The Hall–Kier alpha value is -4.02. The summed E-state index contributed by atoms with van der Waals surface area (Å²) in [6, 6.07) is 4.61. The van der Waals surface area contributed by atoms with E-state index in [0.29, 0.717) is 5.17 Å². The minimum atomic E-state index is -2.88. The largest absolute Gasteiger partial charge is 0.484 e. The Morgan fingerprint density at radius 3 is 2.74 bits per heavy atom. The van der Waals surface area contributed by atoms with E-state index in [2.05, 4.69) is 25.9 Å². The van der Waals surface area contributed by atoms with Crippen molar-refractivity contribution in [2.45, 2.75) is 31.8 Å². The normalized spacial score (nSPS) is 17.6. The van der Waals surface area contributed by atoms with E-state index in [1.807, 2.05) is 6.92 Å². The molecule has 0 fully saturated rings. The second-order valence-corrected chi connectivity index (χ2v) is 9.53. The third-order valence-electron chi connectivity index (χ3n) is 5.84. The quantitative estimate of drug-likeness (QED) is 0.532. The van der Waals surface area contributed by atoms with Gasteiger partial charge in [0.05, 0.1) is 18.8 Å². The molecule has 2 atom stereocenters. The molecule has 4 heterocycles. The fraction of sp³-hybridized carbons (Fsp3) is 0.320. The summed E-state index contributed by atoms with van der Waals surface area (Å²) in [5.41, 5.74) is 0.232. The van der Waals surface area contributed by atoms with Crippen molar-refractivity contribution < 1.29 is 23.0 Å². The van der Waals surface area contributed by atoms with E-state index in [0.717, 1.165) is 11.6 Å².